The standard InChI is InChI=1S/C36H37N3O13S3/c1-22-6-9-26(10-7-22)54(44,45)15-14-50-34(42)20-52-32-17-27(11-13-31(32)51-19-33(40)41)55(46,47)39-30-12-8-25(48-4)16-28(30)38-36(39)53(43)21-29-24(3)35(49-5)23(2)18-37-29/h6-13,16-18H,14-15,19-21H2,1-5H3,(H,40,41). The highest BCUT2D eigenvalue weighted by atomic mass is 32.2. The number of carboxylic acid groups (broad SMARTS) is 1. The second kappa shape index (κ2) is 16.9. The van der Waals surface area contributed by atoms with Crippen molar-refractivity contribution in [3.8, 4) is 23.0 Å². The number of sulfone groups is 1. The summed E-state index contributed by atoms with van der Waals surface area (Å²) in [6.07, 6.45) is 1.56. The third-order valence-electron chi connectivity index (χ3n) is 8.16. The van der Waals surface area contributed by atoms with Gasteiger partial charge in [0.15, 0.2) is 34.6 Å². The van der Waals surface area contributed by atoms with Crippen LogP contribution in [0.15, 0.2) is 81.8 Å². The SMILES string of the molecule is COc1ccc2c(c1)nc(S(=O)Cc1ncc(C)c(OC)c1C)n2S(=O)(=O)c1ccc(OCC(=O)O)c(OCC(=O)OCCS(=O)(=O)c2ccc(C)cc2)c1. The molecule has 0 fully saturated rings. The molecule has 1 unspecified atom stereocenters. The topological polar surface area (TPSA) is 217 Å². The second-order valence-corrected chi connectivity index (χ2v) is 17.2. The van der Waals surface area contributed by atoms with Gasteiger partial charge in [-0.15, -0.1) is 0 Å². The van der Waals surface area contributed by atoms with E-state index in [4.69, 9.17) is 23.7 Å². The zero-order valence-corrected chi connectivity index (χ0v) is 32.7. The summed E-state index contributed by atoms with van der Waals surface area (Å²) in [5.74, 6) is -2.75. The van der Waals surface area contributed by atoms with Gasteiger partial charge in [0.05, 0.1) is 63.0 Å². The van der Waals surface area contributed by atoms with Gasteiger partial charge in [-0.05, 0) is 57.2 Å². The number of ether oxygens (including phenoxy) is 5. The van der Waals surface area contributed by atoms with E-state index in [0.717, 1.165) is 33.3 Å². The molecule has 0 aliphatic carbocycles. The Hall–Kier alpha value is -5.53. The molecule has 0 aliphatic heterocycles. The molecule has 0 saturated heterocycles. The maximum Gasteiger partial charge on any atom is 0.344 e. The predicted octanol–water partition coefficient (Wildman–Crippen LogP) is 3.78. The molecule has 0 saturated carbocycles. The molecule has 2 heterocycles. The number of nitrogens with zero attached hydrogens (tertiary/aromatic N) is 3. The van der Waals surface area contributed by atoms with Gasteiger partial charge in [-0.1, -0.05) is 17.7 Å². The average molecular weight is 816 g/mol. The van der Waals surface area contributed by atoms with Gasteiger partial charge in [0.2, 0.25) is 5.16 Å². The van der Waals surface area contributed by atoms with Crippen LogP contribution in [0.5, 0.6) is 23.0 Å². The molecule has 0 aliphatic rings. The number of hydrogen-bond acceptors (Lipinski definition) is 14. The van der Waals surface area contributed by atoms with Crippen molar-refractivity contribution in [2.75, 3.05) is 39.8 Å². The van der Waals surface area contributed by atoms with Gasteiger partial charge in [-0.3, -0.25) is 9.19 Å². The normalized spacial score (nSPS) is 12.2. The Bertz CT molecular complexity index is 2500. The van der Waals surface area contributed by atoms with Crippen molar-refractivity contribution >= 4 is 53.6 Å². The van der Waals surface area contributed by atoms with Crippen LogP contribution >= 0.6 is 0 Å². The van der Waals surface area contributed by atoms with E-state index in [1.54, 1.807) is 32.2 Å². The molecule has 16 nitrogen and oxygen atoms in total. The van der Waals surface area contributed by atoms with Crippen LogP contribution in [0.4, 0.5) is 0 Å². The van der Waals surface area contributed by atoms with Gasteiger partial charge in [-0.2, -0.15) is 0 Å². The van der Waals surface area contributed by atoms with E-state index in [2.05, 4.69) is 9.97 Å². The molecule has 0 amide bonds. The van der Waals surface area contributed by atoms with Crippen molar-refractivity contribution in [3.05, 3.63) is 89.2 Å². The maximum absolute atomic E-state index is 14.5. The molecule has 2 aromatic heterocycles. The fourth-order valence-corrected chi connectivity index (χ4v) is 9.51. The number of aryl methyl sites for hydroxylation is 2. The molecule has 55 heavy (non-hydrogen) atoms. The first-order valence-electron chi connectivity index (χ1n) is 16.3. The van der Waals surface area contributed by atoms with Crippen LogP contribution in [0, 0.1) is 20.8 Å². The molecule has 0 spiro atoms. The molecule has 0 bridgehead atoms. The Kier molecular flexibility index (Phi) is 12.5. The zero-order chi connectivity index (χ0) is 40.1. The monoisotopic (exact) mass is 815 g/mol. The smallest absolute Gasteiger partial charge is 0.344 e. The largest absolute Gasteiger partial charge is 0.497 e. The van der Waals surface area contributed by atoms with E-state index in [-0.39, 0.29) is 38.3 Å². The summed E-state index contributed by atoms with van der Waals surface area (Å²) in [5, 5.41) is 8.86. The van der Waals surface area contributed by atoms with Crippen LogP contribution in [0.25, 0.3) is 11.0 Å². The molecule has 292 valence electrons. The number of carbonyl (C=O) groups excluding carboxylic acids is 1. The minimum atomic E-state index is -4.67. The van der Waals surface area contributed by atoms with Crippen molar-refractivity contribution in [2.24, 2.45) is 0 Å². The summed E-state index contributed by atoms with van der Waals surface area (Å²) in [6, 6.07) is 13.8. The van der Waals surface area contributed by atoms with Crippen LogP contribution in [0.1, 0.15) is 22.4 Å². The molecule has 19 heteroatoms. The number of hydrogen-bond donors (Lipinski definition) is 1. The average Bonchev–Trinajstić information content (AvgIpc) is 3.54. The number of pyridine rings is 1. The number of carbonyl (C=O) groups is 2. The van der Waals surface area contributed by atoms with E-state index < -0.39 is 73.1 Å². The van der Waals surface area contributed by atoms with Crippen molar-refractivity contribution < 1.29 is 59.4 Å². The number of carboxylic acids is 1. The van der Waals surface area contributed by atoms with E-state index in [9.17, 15) is 35.7 Å². The first kappa shape index (κ1) is 40.7. The molecular formula is C36H37N3O13S3. The Morgan fingerprint density at radius 1 is 0.855 bits per heavy atom. The highest BCUT2D eigenvalue weighted by Gasteiger charge is 2.30. The summed E-state index contributed by atoms with van der Waals surface area (Å²) in [5.41, 5.74) is 2.85. The minimum Gasteiger partial charge on any atom is -0.497 e. The summed E-state index contributed by atoms with van der Waals surface area (Å²) < 4.78 is 95.8. The molecule has 0 radical (unpaired) electrons. The van der Waals surface area contributed by atoms with E-state index in [1.165, 1.54) is 44.6 Å². The summed E-state index contributed by atoms with van der Waals surface area (Å²) in [6.45, 7) is 3.19. The van der Waals surface area contributed by atoms with Gasteiger partial charge in [0.25, 0.3) is 10.0 Å². The van der Waals surface area contributed by atoms with E-state index in [0.29, 0.717) is 22.8 Å². The van der Waals surface area contributed by atoms with Crippen LogP contribution in [0.2, 0.25) is 0 Å². The third-order valence-corrected chi connectivity index (χ3v) is 12.9. The van der Waals surface area contributed by atoms with Gasteiger partial charge in [0, 0.05) is 29.5 Å². The Labute approximate surface area is 319 Å². The predicted molar refractivity (Wildman–Crippen MR) is 199 cm³/mol. The Morgan fingerprint density at radius 3 is 2.22 bits per heavy atom. The van der Waals surface area contributed by atoms with Crippen molar-refractivity contribution in [3.63, 3.8) is 0 Å². The number of benzene rings is 3. The third kappa shape index (κ3) is 9.23. The summed E-state index contributed by atoms with van der Waals surface area (Å²) in [7, 11) is -7.61. The number of aliphatic carboxylic acids is 1. The number of aromatic nitrogens is 3. The van der Waals surface area contributed by atoms with Crippen LogP contribution < -0.4 is 18.9 Å². The Balaban J connectivity index is 1.45. The van der Waals surface area contributed by atoms with Crippen LogP contribution in [0.3, 0.4) is 0 Å². The fraction of sp³-hybridized carbons (Fsp3) is 0.278. The summed E-state index contributed by atoms with van der Waals surface area (Å²) in [4.78, 5) is 32.4. The fourth-order valence-electron chi connectivity index (χ4n) is 5.36. The molecule has 3 aromatic carbocycles. The van der Waals surface area contributed by atoms with Crippen molar-refractivity contribution in [1.82, 2.24) is 13.9 Å². The van der Waals surface area contributed by atoms with Gasteiger partial charge in [-0.25, -0.2) is 35.4 Å². The number of fused-ring (bicyclic) bond motifs is 1. The second-order valence-electron chi connectivity index (χ2n) is 12.0. The number of rotatable bonds is 17. The maximum atomic E-state index is 14.5. The highest BCUT2D eigenvalue weighted by molar-refractivity contribution is 7.91. The lowest BCUT2D eigenvalue weighted by atomic mass is 10.1. The lowest BCUT2D eigenvalue weighted by molar-refractivity contribution is -0.145. The molecule has 1 N–H and O–H groups in total. The first-order chi connectivity index (χ1) is 26.0. The lowest BCUT2D eigenvalue weighted by Crippen LogP contribution is -2.21. The molecule has 1 atom stereocenters. The first-order valence-corrected chi connectivity index (χ1v) is 20.7. The van der Waals surface area contributed by atoms with Crippen molar-refractivity contribution in [1.29, 1.82) is 0 Å². The minimum absolute atomic E-state index is 0.0580. The molecule has 5 rings (SSSR count). The van der Waals surface area contributed by atoms with Gasteiger partial charge >= 0.3 is 11.9 Å². The number of esters is 1. The van der Waals surface area contributed by atoms with E-state index >= 15 is 0 Å². The summed E-state index contributed by atoms with van der Waals surface area (Å²) >= 11 is 0. The molecular weight excluding hydrogens is 779 g/mol. The van der Waals surface area contributed by atoms with Crippen LogP contribution in [-0.2, 0) is 50.7 Å². The van der Waals surface area contributed by atoms with Crippen LogP contribution in [-0.4, -0.2) is 91.8 Å². The lowest BCUT2D eigenvalue weighted by Gasteiger charge is -2.15. The van der Waals surface area contributed by atoms with Gasteiger partial charge < -0.3 is 28.8 Å². The van der Waals surface area contributed by atoms with Crippen molar-refractivity contribution in [2.45, 2.75) is 41.5 Å². The quantitative estimate of drug-likeness (QED) is 0.132. The number of methoxy groups -OCH3 is 2. The molecule has 5 aromatic rings. The number of imidazole rings is 1. The van der Waals surface area contributed by atoms with Gasteiger partial charge in [0.1, 0.15) is 18.1 Å². The van der Waals surface area contributed by atoms with E-state index in [1.807, 2.05) is 6.92 Å². The Morgan fingerprint density at radius 2 is 1.55 bits per heavy atom. The highest BCUT2D eigenvalue weighted by Crippen LogP contribution is 2.34. The zero-order valence-electron chi connectivity index (χ0n) is 30.3.